The molecule has 0 bridgehead atoms. The third kappa shape index (κ3) is 1.29. The van der Waals surface area contributed by atoms with Gasteiger partial charge in [-0.2, -0.15) is 0 Å². The standard InChI is InChI=1S/C5H6BN3O2/c6-5-4(9(10)11)3(7)1-2-8-5/h1-2H,6H2,(H2,7,8). The Balaban J connectivity index is 3.32. The van der Waals surface area contributed by atoms with E-state index in [1.165, 1.54) is 12.3 Å². The lowest BCUT2D eigenvalue weighted by molar-refractivity contribution is -0.382. The minimum absolute atomic E-state index is 0.104. The van der Waals surface area contributed by atoms with Crippen LogP contribution in [0.2, 0.25) is 0 Å². The summed E-state index contributed by atoms with van der Waals surface area (Å²) in [6.07, 6.45) is 1.44. The second-order valence-corrected chi connectivity index (χ2v) is 2.09. The van der Waals surface area contributed by atoms with Gasteiger partial charge in [0.2, 0.25) is 0 Å². The number of hydrogen-bond donors (Lipinski definition) is 1. The summed E-state index contributed by atoms with van der Waals surface area (Å²) in [6.45, 7) is 0. The number of aromatic nitrogens is 1. The lowest BCUT2D eigenvalue weighted by Crippen LogP contribution is -2.15. The summed E-state index contributed by atoms with van der Waals surface area (Å²) in [5, 5.41) is 10.3. The fraction of sp³-hybridized carbons (Fsp3) is 0. The minimum atomic E-state index is -0.530. The van der Waals surface area contributed by atoms with E-state index in [9.17, 15) is 10.1 Å². The fourth-order valence-corrected chi connectivity index (χ4v) is 0.816. The Kier molecular flexibility index (Phi) is 1.76. The number of nitrogen functional groups attached to an aromatic ring is 1. The van der Waals surface area contributed by atoms with E-state index in [4.69, 9.17) is 5.73 Å². The molecule has 11 heavy (non-hydrogen) atoms. The predicted octanol–water partition coefficient (Wildman–Crippen LogP) is -1.17. The maximum Gasteiger partial charge on any atom is 0.303 e. The van der Waals surface area contributed by atoms with Crippen LogP contribution in [0.4, 0.5) is 11.4 Å². The van der Waals surface area contributed by atoms with Crippen molar-refractivity contribution in [2.75, 3.05) is 5.73 Å². The third-order valence-corrected chi connectivity index (χ3v) is 1.32. The molecular weight excluding hydrogens is 145 g/mol. The average Bonchev–Trinajstić information content (AvgIpc) is 1.85. The van der Waals surface area contributed by atoms with E-state index < -0.39 is 4.92 Å². The minimum Gasteiger partial charge on any atom is -0.393 e. The first-order valence-electron chi connectivity index (χ1n) is 2.98. The predicted molar refractivity (Wildman–Crippen MR) is 43.5 cm³/mol. The second kappa shape index (κ2) is 2.57. The first-order chi connectivity index (χ1) is 5.13. The Labute approximate surface area is 63.8 Å². The molecule has 1 aromatic rings. The van der Waals surface area contributed by atoms with Gasteiger partial charge >= 0.3 is 5.69 Å². The van der Waals surface area contributed by atoms with Crippen molar-refractivity contribution in [3.63, 3.8) is 0 Å². The summed E-state index contributed by atoms with van der Waals surface area (Å²) >= 11 is 0. The van der Waals surface area contributed by atoms with Crippen molar-refractivity contribution in [3.05, 3.63) is 22.4 Å². The number of nitrogens with zero attached hydrogens (tertiary/aromatic N) is 2. The van der Waals surface area contributed by atoms with Crippen molar-refractivity contribution in [3.8, 4) is 0 Å². The number of anilines is 1. The highest BCUT2D eigenvalue weighted by atomic mass is 16.6. The van der Waals surface area contributed by atoms with Crippen LogP contribution in [0.25, 0.3) is 0 Å². The molecule has 0 unspecified atom stereocenters. The molecule has 0 saturated heterocycles. The van der Waals surface area contributed by atoms with Crippen molar-refractivity contribution >= 4 is 24.8 Å². The summed E-state index contributed by atoms with van der Waals surface area (Å²) in [5.41, 5.74) is 5.73. The van der Waals surface area contributed by atoms with Gasteiger partial charge in [-0.3, -0.25) is 15.1 Å². The summed E-state index contributed by atoms with van der Waals surface area (Å²) in [6, 6.07) is 1.41. The zero-order valence-electron chi connectivity index (χ0n) is 5.94. The first-order valence-corrected chi connectivity index (χ1v) is 2.98. The van der Waals surface area contributed by atoms with Gasteiger partial charge in [-0.1, -0.05) is 0 Å². The van der Waals surface area contributed by atoms with E-state index in [2.05, 4.69) is 4.98 Å². The highest BCUT2D eigenvalue weighted by molar-refractivity contribution is 6.34. The third-order valence-electron chi connectivity index (χ3n) is 1.32. The van der Waals surface area contributed by atoms with E-state index in [0.717, 1.165) is 0 Å². The number of nitro groups is 1. The van der Waals surface area contributed by atoms with E-state index in [-0.39, 0.29) is 11.4 Å². The monoisotopic (exact) mass is 151 g/mol. The molecule has 0 atom stereocenters. The van der Waals surface area contributed by atoms with Gasteiger partial charge in [0.15, 0.2) is 7.85 Å². The van der Waals surface area contributed by atoms with Gasteiger partial charge in [0, 0.05) is 6.20 Å². The quantitative estimate of drug-likeness (QED) is 0.311. The van der Waals surface area contributed by atoms with Crippen molar-refractivity contribution < 1.29 is 4.92 Å². The molecule has 1 aromatic heterocycles. The van der Waals surface area contributed by atoms with Crippen molar-refractivity contribution in [2.45, 2.75) is 0 Å². The molecule has 0 spiro atoms. The number of nitrogens with two attached hydrogens (primary N) is 1. The van der Waals surface area contributed by atoms with Crippen LogP contribution in [0.1, 0.15) is 0 Å². The van der Waals surface area contributed by atoms with E-state index in [1.54, 1.807) is 7.85 Å². The van der Waals surface area contributed by atoms with Gasteiger partial charge < -0.3 is 5.73 Å². The molecule has 0 radical (unpaired) electrons. The molecule has 2 N–H and O–H groups in total. The van der Waals surface area contributed by atoms with Crippen LogP contribution < -0.4 is 11.3 Å². The highest BCUT2D eigenvalue weighted by Crippen LogP contribution is 2.14. The van der Waals surface area contributed by atoms with Crippen LogP contribution in [0, 0.1) is 10.1 Å². The van der Waals surface area contributed by atoms with Gasteiger partial charge in [0.1, 0.15) is 5.69 Å². The summed E-state index contributed by atoms with van der Waals surface area (Å²) in [7, 11) is 1.55. The van der Waals surface area contributed by atoms with Crippen molar-refractivity contribution in [2.24, 2.45) is 0 Å². The largest absolute Gasteiger partial charge is 0.393 e. The summed E-state index contributed by atoms with van der Waals surface area (Å²) in [4.78, 5) is 13.5. The average molecular weight is 151 g/mol. The molecule has 0 aliphatic rings. The highest BCUT2D eigenvalue weighted by Gasteiger charge is 2.14. The van der Waals surface area contributed by atoms with Crippen molar-refractivity contribution in [1.82, 2.24) is 4.98 Å². The second-order valence-electron chi connectivity index (χ2n) is 2.09. The molecule has 1 heterocycles. The van der Waals surface area contributed by atoms with Gasteiger partial charge in [-0.25, -0.2) is 0 Å². The molecule has 0 fully saturated rings. The molecule has 0 aromatic carbocycles. The van der Waals surface area contributed by atoms with Gasteiger partial charge in [-0.15, -0.1) is 0 Å². The first kappa shape index (κ1) is 7.52. The lowest BCUT2D eigenvalue weighted by atomic mass is 10.0. The maximum absolute atomic E-state index is 10.3. The van der Waals surface area contributed by atoms with Crippen molar-refractivity contribution in [1.29, 1.82) is 0 Å². The molecule has 5 nitrogen and oxygen atoms in total. The fourth-order valence-electron chi connectivity index (χ4n) is 0.816. The molecule has 0 amide bonds. The van der Waals surface area contributed by atoms with E-state index in [1.807, 2.05) is 0 Å². The smallest absolute Gasteiger partial charge is 0.303 e. The summed E-state index contributed by atoms with van der Waals surface area (Å²) < 4.78 is 0. The number of pyridine rings is 1. The van der Waals surface area contributed by atoms with E-state index in [0.29, 0.717) is 5.59 Å². The summed E-state index contributed by atoms with van der Waals surface area (Å²) in [5.74, 6) is 0. The molecule has 0 aliphatic carbocycles. The van der Waals surface area contributed by atoms with E-state index >= 15 is 0 Å². The van der Waals surface area contributed by atoms with Crippen LogP contribution in [-0.4, -0.2) is 17.8 Å². The Morgan fingerprint density at radius 2 is 2.36 bits per heavy atom. The Hall–Kier alpha value is -1.59. The van der Waals surface area contributed by atoms with Crippen LogP contribution in [-0.2, 0) is 0 Å². The molecule has 1 rings (SSSR count). The van der Waals surface area contributed by atoms with Gasteiger partial charge in [0.05, 0.1) is 10.5 Å². The van der Waals surface area contributed by atoms with Crippen LogP contribution >= 0.6 is 0 Å². The lowest BCUT2D eigenvalue weighted by Gasteiger charge is -1.97. The molecule has 56 valence electrons. The molecule has 0 saturated carbocycles. The zero-order chi connectivity index (χ0) is 8.43. The number of rotatable bonds is 1. The number of hydrogen-bond acceptors (Lipinski definition) is 4. The molecule has 0 aliphatic heterocycles. The molecule has 6 heteroatoms. The van der Waals surface area contributed by atoms with Gasteiger partial charge in [0.25, 0.3) is 0 Å². The van der Waals surface area contributed by atoms with Gasteiger partial charge in [-0.05, 0) is 6.07 Å². The Morgan fingerprint density at radius 3 is 2.73 bits per heavy atom. The van der Waals surface area contributed by atoms with Crippen LogP contribution in [0.5, 0.6) is 0 Å². The SMILES string of the molecule is Bc1nccc(N)c1[N+](=O)[O-]. The Morgan fingerprint density at radius 1 is 1.73 bits per heavy atom. The zero-order valence-corrected chi connectivity index (χ0v) is 5.94. The molecular formula is C5H6BN3O2. The van der Waals surface area contributed by atoms with Crippen LogP contribution in [0.15, 0.2) is 12.3 Å². The normalized spacial score (nSPS) is 9.45. The van der Waals surface area contributed by atoms with Crippen LogP contribution in [0.3, 0.4) is 0 Å². The maximum atomic E-state index is 10.3. The Bertz CT molecular complexity index is 282. The topological polar surface area (TPSA) is 82.0 Å².